The van der Waals surface area contributed by atoms with Gasteiger partial charge in [0.1, 0.15) is 0 Å². The molecule has 0 amide bonds. The van der Waals surface area contributed by atoms with Crippen LogP contribution in [-0.4, -0.2) is 30.6 Å². The molecule has 1 unspecified atom stereocenters. The minimum Gasteiger partial charge on any atom is -0.388 e. The van der Waals surface area contributed by atoms with Crippen LogP contribution in [0, 0.1) is 5.41 Å². The van der Waals surface area contributed by atoms with Crippen LogP contribution in [0.15, 0.2) is 30.3 Å². The quantitative estimate of drug-likeness (QED) is 0.646. The molecule has 1 aromatic rings. The lowest BCUT2D eigenvalue weighted by Crippen LogP contribution is -2.52. The minimum absolute atomic E-state index is 0.145. The van der Waals surface area contributed by atoms with Gasteiger partial charge in [0.2, 0.25) is 0 Å². The van der Waals surface area contributed by atoms with E-state index >= 15 is 0 Å². The van der Waals surface area contributed by atoms with Crippen molar-refractivity contribution in [3.8, 4) is 0 Å². The van der Waals surface area contributed by atoms with E-state index in [-0.39, 0.29) is 11.4 Å². The van der Waals surface area contributed by atoms with Gasteiger partial charge in [-0.3, -0.25) is 5.41 Å². The Hall–Kier alpha value is -1.55. The number of anilines is 1. The summed E-state index contributed by atoms with van der Waals surface area (Å²) < 4.78 is 6.05. The van der Waals surface area contributed by atoms with Gasteiger partial charge in [-0.2, -0.15) is 0 Å². The van der Waals surface area contributed by atoms with Gasteiger partial charge >= 0.3 is 0 Å². The third kappa shape index (κ3) is 3.21. The molecule has 1 aliphatic heterocycles. The molecule has 3 rings (SSSR count). The van der Waals surface area contributed by atoms with E-state index in [1.54, 1.807) is 0 Å². The predicted octanol–water partition coefficient (Wildman–Crippen LogP) is 2.92. The predicted molar refractivity (Wildman–Crippen MR) is 85.9 cm³/mol. The molecule has 21 heavy (non-hydrogen) atoms. The summed E-state index contributed by atoms with van der Waals surface area (Å²) in [5, 5.41) is 7.52. The Labute approximate surface area is 126 Å². The van der Waals surface area contributed by atoms with Crippen LogP contribution in [0.5, 0.6) is 0 Å². The maximum atomic E-state index is 7.52. The first-order valence-corrected chi connectivity index (χ1v) is 7.97. The topological polar surface area (TPSA) is 62.3 Å². The van der Waals surface area contributed by atoms with Gasteiger partial charge in [0.05, 0.1) is 11.4 Å². The molecular weight excluding hydrogens is 262 g/mol. The molecule has 3 N–H and O–H groups in total. The number of benzene rings is 1. The third-order valence-corrected chi connectivity index (χ3v) is 4.88. The maximum absolute atomic E-state index is 7.52. The molecule has 1 heterocycles. The third-order valence-electron chi connectivity index (χ3n) is 4.88. The highest BCUT2D eigenvalue weighted by atomic mass is 16.5. The van der Waals surface area contributed by atoms with Gasteiger partial charge in [-0.25, -0.2) is 0 Å². The number of hydrogen-bond acceptors (Lipinski definition) is 3. The summed E-state index contributed by atoms with van der Waals surface area (Å²) >= 11 is 0. The number of rotatable bonds is 5. The Morgan fingerprint density at radius 2 is 2.10 bits per heavy atom. The molecule has 1 saturated heterocycles. The van der Waals surface area contributed by atoms with Crippen LogP contribution in [0.1, 0.15) is 38.5 Å². The summed E-state index contributed by atoms with van der Waals surface area (Å²) in [5.41, 5.74) is 6.95. The first kappa shape index (κ1) is 14.4. The fourth-order valence-electron chi connectivity index (χ4n) is 3.57. The monoisotopic (exact) mass is 287 g/mol. The van der Waals surface area contributed by atoms with E-state index in [2.05, 4.69) is 29.2 Å². The van der Waals surface area contributed by atoms with Gasteiger partial charge < -0.3 is 15.4 Å². The molecule has 0 radical (unpaired) electrons. The van der Waals surface area contributed by atoms with Crippen LogP contribution in [0.2, 0.25) is 0 Å². The molecule has 114 valence electrons. The summed E-state index contributed by atoms with van der Waals surface area (Å²) in [6.07, 6.45) is 6.51. The molecule has 4 nitrogen and oxygen atoms in total. The SMILES string of the molecule is N=C(N)CCN(c1ccccc1)C1CCOC2(CCC2)C1. The number of para-hydroxylation sites is 1. The maximum Gasteiger partial charge on any atom is 0.0923 e. The van der Waals surface area contributed by atoms with E-state index in [1.165, 1.54) is 24.9 Å². The molecule has 0 aromatic heterocycles. The first-order chi connectivity index (χ1) is 10.2. The average Bonchev–Trinajstić information content (AvgIpc) is 2.47. The minimum atomic E-state index is 0.145. The van der Waals surface area contributed by atoms with Gasteiger partial charge in [-0.05, 0) is 44.2 Å². The molecule has 2 aliphatic rings. The second-order valence-corrected chi connectivity index (χ2v) is 6.34. The summed E-state index contributed by atoms with van der Waals surface area (Å²) in [7, 11) is 0. The number of nitrogens with two attached hydrogens (primary N) is 1. The molecule has 1 saturated carbocycles. The number of ether oxygens (including phenoxy) is 1. The van der Waals surface area contributed by atoms with Crippen molar-refractivity contribution in [3.05, 3.63) is 30.3 Å². The summed E-state index contributed by atoms with van der Waals surface area (Å²) in [4.78, 5) is 2.43. The molecule has 1 aliphatic carbocycles. The number of hydrogen-bond donors (Lipinski definition) is 2. The van der Waals surface area contributed by atoms with Crippen molar-refractivity contribution < 1.29 is 4.74 Å². The van der Waals surface area contributed by atoms with Crippen LogP contribution >= 0.6 is 0 Å². The van der Waals surface area contributed by atoms with Crippen molar-refractivity contribution in [2.24, 2.45) is 5.73 Å². The van der Waals surface area contributed by atoms with Crippen molar-refractivity contribution in [1.82, 2.24) is 0 Å². The smallest absolute Gasteiger partial charge is 0.0923 e. The van der Waals surface area contributed by atoms with Crippen LogP contribution in [0.4, 0.5) is 5.69 Å². The standard InChI is InChI=1S/C17H25N3O/c18-16(19)7-11-20(14-5-2-1-3-6-14)15-8-12-21-17(13-15)9-4-10-17/h1-3,5-6,15H,4,7-13H2,(H3,18,19). The largest absolute Gasteiger partial charge is 0.388 e. The number of nitrogens with one attached hydrogen (secondary N) is 1. The van der Waals surface area contributed by atoms with Crippen LogP contribution in [0.25, 0.3) is 0 Å². The first-order valence-electron chi connectivity index (χ1n) is 7.97. The summed E-state index contributed by atoms with van der Waals surface area (Å²) in [6.45, 7) is 1.67. The number of nitrogens with zero attached hydrogens (tertiary/aromatic N) is 1. The Morgan fingerprint density at radius 3 is 2.71 bits per heavy atom. The zero-order valence-corrected chi connectivity index (χ0v) is 12.6. The normalized spacial score (nSPS) is 23.5. The number of amidine groups is 1. The fraction of sp³-hybridized carbons (Fsp3) is 0.588. The lowest BCUT2D eigenvalue weighted by Gasteiger charge is -2.50. The molecule has 4 heteroatoms. The lowest BCUT2D eigenvalue weighted by molar-refractivity contribution is -0.132. The zero-order valence-electron chi connectivity index (χ0n) is 12.6. The second-order valence-electron chi connectivity index (χ2n) is 6.34. The highest BCUT2D eigenvalue weighted by molar-refractivity contribution is 5.77. The van der Waals surface area contributed by atoms with Crippen molar-refractivity contribution in [2.45, 2.75) is 50.2 Å². The molecule has 1 aromatic carbocycles. The fourth-order valence-corrected chi connectivity index (χ4v) is 3.57. The van der Waals surface area contributed by atoms with Crippen molar-refractivity contribution in [2.75, 3.05) is 18.1 Å². The van der Waals surface area contributed by atoms with Gasteiger partial charge in [-0.15, -0.1) is 0 Å². The van der Waals surface area contributed by atoms with Crippen molar-refractivity contribution in [3.63, 3.8) is 0 Å². The molecule has 0 bridgehead atoms. The van der Waals surface area contributed by atoms with E-state index in [1.807, 2.05) is 6.07 Å². The molecule has 2 fully saturated rings. The Morgan fingerprint density at radius 1 is 1.33 bits per heavy atom. The van der Waals surface area contributed by atoms with Crippen LogP contribution in [-0.2, 0) is 4.74 Å². The molecule has 1 spiro atoms. The van der Waals surface area contributed by atoms with Crippen LogP contribution < -0.4 is 10.6 Å². The zero-order chi connectivity index (χ0) is 14.7. The van der Waals surface area contributed by atoms with Crippen LogP contribution in [0.3, 0.4) is 0 Å². The Balaban J connectivity index is 1.75. The summed E-state index contributed by atoms with van der Waals surface area (Å²) in [5.74, 6) is 0.265. The highest BCUT2D eigenvalue weighted by Gasteiger charge is 2.43. The van der Waals surface area contributed by atoms with E-state index < -0.39 is 0 Å². The Bertz CT molecular complexity index is 484. The molecular formula is C17H25N3O. The average molecular weight is 287 g/mol. The van der Waals surface area contributed by atoms with E-state index in [4.69, 9.17) is 15.9 Å². The van der Waals surface area contributed by atoms with Crippen molar-refractivity contribution >= 4 is 11.5 Å². The van der Waals surface area contributed by atoms with E-state index in [9.17, 15) is 0 Å². The molecule has 1 atom stereocenters. The van der Waals surface area contributed by atoms with E-state index in [0.717, 1.165) is 26.0 Å². The Kier molecular flexibility index (Phi) is 4.15. The van der Waals surface area contributed by atoms with Gasteiger partial charge in [0.15, 0.2) is 0 Å². The van der Waals surface area contributed by atoms with Gasteiger partial charge in [0.25, 0.3) is 0 Å². The summed E-state index contributed by atoms with van der Waals surface area (Å²) in [6, 6.07) is 11.0. The van der Waals surface area contributed by atoms with Gasteiger partial charge in [-0.1, -0.05) is 18.2 Å². The van der Waals surface area contributed by atoms with Crippen molar-refractivity contribution in [1.29, 1.82) is 5.41 Å². The second kappa shape index (κ2) is 6.06. The lowest BCUT2D eigenvalue weighted by atomic mass is 9.73. The van der Waals surface area contributed by atoms with E-state index in [0.29, 0.717) is 12.5 Å². The highest BCUT2D eigenvalue weighted by Crippen LogP contribution is 2.44. The van der Waals surface area contributed by atoms with Gasteiger partial charge in [0, 0.05) is 31.3 Å².